The summed E-state index contributed by atoms with van der Waals surface area (Å²) in [5, 5.41) is 7.98. The van der Waals surface area contributed by atoms with Crippen molar-refractivity contribution in [3.8, 4) is 22.5 Å². The molecule has 1 N–H and O–H groups in total. The second kappa shape index (κ2) is 10.6. The molecule has 1 amide bonds. The fraction of sp³-hybridized carbons (Fsp3) is 0.379. The number of carbonyl (C=O) groups is 2. The van der Waals surface area contributed by atoms with Gasteiger partial charge in [-0.05, 0) is 63.9 Å². The Hall–Kier alpha value is -4.54. The topological polar surface area (TPSA) is 124 Å². The standard InChI is InChI=1S/C29H33N7O4/c1-28(2,3)40-27(38)34-29(26(37)39-5)10-13-36(14-11-29)24-9-8-19(16-31-24)25-21-7-6-12-30-23(21)15-22(33-25)20-17-32-35(4)18-20/h6-9,12,15-18H,10-11,13-14H2,1-5H3,(H,34,38). The minimum Gasteiger partial charge on any atom is -0.467 e. The lowest BCUT2D eigenvalue weighted by Crippen LogP contribution is -2.61. The van der Waals surface area contributed by atoms with Gasteiger partial charge < -0.3 is 19.7 Å². The van der Waals surface area contributed by atoms with Gasteiger partial charge in [0.25, 0.3) is 0 Å². The Kier molecular flexibility index (Phi) is 7.14. The van der Waals surface area contributed by atoms with Gasteiger partial charge in [0, 0.05) is 55.2 Å². The summed E-state index contributed by atoms with van der Waals surface area (Å²) in [4.78, 5) is 41.6. The Morgan fingerprint density at radius 3 is 2.45 bits per heavy atom. The maximum absolute atomic E-state index is 12.7. The number of piperidine rings is 1. The maximum atomic E-state index is 12.7. The first-order valence-corrected chi connectivity index (χ1v) is 13.1. The number of esters is 1. The summed E-state index contributed by atoms with van der Waals surface area (Å²) in [6.45, 7) is 6.33. The number of amides is 1. The van der Waals surface area contributed by atoms with Gasteiger partial charge in [0.2, 0.25) is 0 Å². The number of hydrogen-bond donors (Lipinski definition) is 1. The molecule has 4 aromatic heterocycles. The second-order valence-corrected chi connectivity index (χ2v) is 10.9. The van der Waals surface area contributed by atoms with Crippen LogP contribution >= 0.6 is 0 Å². The van der Waals surface area contributed by atoms with E-state index in [1.165, 1.54) is 7.11 Å². The molecule has 0 radical (unpaired) electrons. The molecule has 0 bridgehead atoms. The van der Waals surface area contributed by atoms with E-state index in [9.17, 15) is 9.59 Å². The molecule has 0 unspecified atom stereocenters. The summed E-state index contributed by atoms with van der Waals surface area (Å²) in [5.41, 5.74) is 2.34. The van der Waals surface area contributed by atoms with Crippen molar-refractivity contribution in [2.75, 3.05) is 25.1 Å². The third-order valence-corrected chi connectivity index (χ3v) is 6.88. The summed E-state index contributed by atoms with van der Waals surface area (Å²) >= 11 is 0. The average Bonchev–Trinajstić information content (AvgIpc) is 3.37. The SMILES string of the molecule is COC(=O)C1(NC(=O)OC(C)(C)C)CCN(c2ccc(-c3nc(-c4cnn(C)c4)cc4ncccc34)cn2)CC1. The fourth-order valence-electron chi connectivity index (χ4n) is 4.90. The minimum absolute atomic E-state index is 0.355. The molecule has 0 atom stereocenters. The zero-order valence-electron chi connectivity index (χ0n) is 23.3. The van der Waals surface area contributed by atoms with Gasteiger partial charge in [-0.25, -0.2) is 19.6 Å². The number of aromatic nitrogens is 5. The molecular formula is C29H33N7O4. The van der Waals surface area contributed by atoms with Crippen LogP contribution in [-0.4, -0.2) is 68.1 Å². The van der Waals surface area contributed by atoms with Gasteiger partial charge >= 0.3 is 12.1 Å². The Bertz CT molecular complexity index is 1530. The highest BCUT2D eigenvalue weighted by Crippen LogP contribution is 2.32. The van der Waals surface area contributed by atoms with Crippen LogP contribution in [0.3, 0.4) is 0 Å². The summed E-state index contributed by atoms with van der Waals surface area (Å²) in [5.74, 6) is 0.284. The van der Waals surface area contributed by atoms with E-state index in [0.717, 1.165) is 39.2 Å². The second-order valence-electron chi connectivity index (χ2n) is 10.9. The predicted molar refractivity (Wildman–Crippen MR) is 151 cm³/mol. The molecule has 40 heavy (non-hydrogen) atoms. The van der Waals surface area contributed by atoms with E-state index in [2.05, 4.69) is 20.3 Å². The Balaban J connectivity index is 1.37. The first-order valence-electron chi connectivity index (χ1n) is 13.1. The number of anilines is 1. The average molecular weight is 544 g/mol. The lowest BCUT2D eigenvalue weighted by molar-refractivity contribution is -0.149. The van der Waals surface area contributed by atoms with Gasteiger partial charge in [-0.2, -0.15) is 5.10 Å². The van der Waals surface area contributed by atoms with Gasteiger partial charge in [-0.15, -0.1) is 0 Å². The molecule has 1 saturated heterocycles. The molecule has 1 aliphatic heterocycles. The zero-order valence-corrected chi connectivity index (χ0v) is 23.3. The summed E-state index contributed by atoms with van der Waals surface area (Å²) < 4.78 is 12.2. The van der Waals surface area contributed by atoms with E-state index in [4.69, 9.17) is 19.4 Å². The van der Waals surface area contributed by atoms with Crippen molar-refractivity contribution in [1.82, 2.24) is 30.0 Å². The number of alkyl carbamates (subject to hydrolysis) is 1. The highest BCUT2D eigenvalue weighted by molar-refractivity contribution is 5.94. The van der Waals surface area contributed by atoms with E-state index in [-0.39, 0.29) is 0 Å². The molecule has 0 spiro atoms. The molecule has 0 aliphatic carbocycles. The molecule has 5 heterocycles. The van der Waals surface area contributed by atoms with Crippen molar-refractivity contribution in [1.29, 1.82) is 0 Å². The number of aryl methyl sites for hydroxylation is 1. The minimum atomic E-state index is -1.16. The lowest BCUT2D eigenvalue weighted by Gasteiger charge is -2.40. The van der Waals surface area contributed by atoms with E-state index < -0.39 is 23.2 Å². The van der Waals surface area contributed by atoms with Gasteiger partial charge in [0.1, 0.15) is 17.0 Å². The Morgan fingerprint density at radius 1 is 1.05 bits per heavy atom. The number of methoxy groups -OCH3 is 1. The van der Waals surface area contributed by atoms with Crippen molar-refractivity contribution >= 4 is 28.8 Å². The third kappa shape index (κ3) is 5.58. The molecule has 1 fully saturated rings. The lowest BCUT2D eigenvalue weighted by atomic mass is 9.87. The number of nitrogens with zero attached hydrogens (tertiary/aromatic N) is 6. The largest absolute Gasteiger partial charge is 0.467 e. The molecule has 4 aromatic rings. The first-order chi connectivity index (χ1) is 19.1. The fourth-order valence-corrected chi connectivity index (χ4v) is 4.90. The van der Waals surface area contributed by atoms with E-state index in [0.29, 0.717) is 25.9 Å². The summed E-state index contributed by atoms with van der Waals surface area (Å²) in [6, 6.07) is 9.80. The summed E-state index contributed by atoms with van der Waals surface area (Å²) in [7, 11) is 3.19. The Morgan fingerprint density at radius 2 is 1.82 bits per heavy atom. The molecule has 1 aliphatic rings. The molecule has 0 saturated carbocycles. The number of pyridine rings is 3. The molecule has 0 aromatic carbocycles. The molecule has 208 valence electrons. The van der Waals surface area contributed by atoms with E-state index in [1.54, 1.807) is 44.0 Å². The van der Waals surface area contributed by atoms with Crippen molar-refractivity contribution in [3.05, 3.63) is 55.1 Å². The van der Waals surface area contributed by atoms with Crippen LogP contribution in [-0.2, 0) is 21.3 Å². The number of carbonyl (C=O) groups excluding carboxylic acids is 2. The van der Waals surface area contributed by atoms with Crippen LogP contribution in [0, 0.1) is 0 Å². The maximum Gasteiger partial charge on any atom is 0.408 e. The Labute approximate surface area is 232 Å². The number of nitrogens with one attached hydrogen (secondary N) is 1. The summed E-state index contributed by atoms with van der Waals surface area (Å²) in [6.07, 6.45) is 7.34. The van der Waals surface area contributed by atoms with Crippen LogP contribution in [0.1, 0.15) is 33.6 Å². The van der Waals surface area contributed by atoms with Gasteiger partial charge in [-0.1, -0.05) is 0 Å². The zero-order chi connectivity index (χ0) is 28.5. The van der Waals surface area contributed by atoms with Crippen molar-refractivity contribution in [3.63, 3.8) is 0 Å². The van der Waals surface area contributed by atoms with Crippen LogP contribution in [0.15, 0.2) is 55.1 Å². The highest BCUT2D eigenvalue weighted by Gasteiger charge is 2.45. The van der Waals surface area contributed by atoms with Gasteiger partial charge in [-0.3, -0.25) is 9.67 Å². The van der Waals surface area contributed by atoms with Crippen LogP contribution in [0.25, 0.3) is 33.4 Å². The quantitative estimate of drug-likeness (QED) is 0.370. The number of hydrogen-bond acceptors (Lipinski definition) is 9. The smallest absolute Gasteiger partial charge is 0.408 e. The van der Waals surface area contributed by atoms with Crippen LogP contribution < -0.4 is 10.2 Å². The van der Waals surface area contributed by atoms with Gasteiger partial charge in [0.15, 0.2) is 0 Å². The third-order valence-electron chi connectivity index (χ3n) is 6.88. The van der Waals surface area contributed by atoms with Crippen LogP contribution in [0.2, 0.25) is 0 Å². The number of ether oxygens (including phenoxy) is 2. The van der Waals surface area contributed by atoms with Crippen molar-refractivity contribution in [2.45, 2.75) is 44.8 Å². The van der Waals surface area contributed by atoms with Crippen molar-refractivity contribution in [2.24, 2.45) is 7.05 Å². The molecular weight excluding hydrogens is 510 g/mol. The van der Waals surface area contributed by atoms with E-state index in [1.807, 2.05) is 43.6 Å². The predicted octanol–water partition coefficient (Wildman–Crippen LogP) is 4.13. The normalized spacial score (nSPS) is 15.1. The monoisotopic (exact) mass is 543 g/mol. The molecule has 5 rings (SSSR count). The van der Waals surface area contributed by atoms with E-state index >= 15 is 0 Å². The van der Waals surface area contributed by atoms with Gasteiger partial charge in [0.05, 0.1) is 30.2 Å². The van der Waals surface area contributed by atoms with Crippen LogP contribution in [0.5, 0.6) is 0 Å². The highest BCUT2D eigenvalue weighted by atomic mass is 16.6. The molecule has 11 heteroatoms. The van der Waals surface area contributed by atoms with Crippen LogP contribution in [0.4, 0.5) is 10.6 Å². The molecule has 11 nitrogen and oxygen atoms in total. The number of fused-ring (bicyclic) bond motifs is 1. The number of rotatable bonds is 5. The first kappa shape index (κ1) is 27.0. The van der Waals surface area contributed by atoms with Crippen molar-refractivity contribution < 1.29 is 19.1 Å².